The Hall–Kier alpha value is -0.960. The second kappa shape index (κ2) is 7.72. The van der Waals surface area contributed by atoms with Gasteiger partial charge in [-0.15, -0.1) is 11.8 Å². The molecule has 0 aliphatic carbocycles. The van der Waals surface area contributed by atoms with Crippen LogP contribution in [0.15, 0.2) is 53.4 Å². The van der Waals surface area contributed by atoms with Crippen LogP contribution in [0.2, 0.25) is 5.02 Å². The Labute approximate surface area is 130 Å². The Balaban J connectivity index is 1.99. The zero-order chi connectivity index (χ0) is 14.4. The van der Waals surface area contributed by atoms with E-state index in [1.807, 2.05) is 18.2 Å². The second-order valence-electron chi connectivity index (χ2n) is 4.74. The van der Waals surface area contributed by atoms with E-state index < -0.39 is 0 Å². The van der Waals surface area contributed by atoms with Crippen LogP contribution in [-0.2, 0) is 6.54 Å². The lowest BCUT2D eigenvalue weighted by Gasteiger charge is -2.18. The molecule has 2 aromatic rings. The van der Waals surface area contributed by atoms with Crippen LogP contribution >= 0.6 is 23.4 Å². The van der Waals surface area contributed by atoms with Crippen LogP contribution in [0.3, 0.4) is 0 Å². The van der Waals surface area contributed by atoms with E-state index in [0.717, 1.165) is 18.0 Å². The third-order valence-corrected chi connectivity index (χ3v) is 4.35. The SMILES string of the molecule is CCC(NCc1ccc(SC)cc1)c1cccc(Cl)c1. The van der Waals surface area contributed by atoms with Crippen molar-refractivity contribution in [3.63, 3.8) is 0 Å². The summed E-state index contributed by atoms with van der Waals surface area (Å²) in [7, 11) is 0. The Kier molecular flexibility index (Phi) is 5.96. The van der Waals surface area contributed by atoms with Crippen molar-refractivity contribution >= 4 is 23.4 Å². The van der Waals surface area contributed by atoms with Crippen LogP contribution in [0.4, 0.5) is 0 Å². The Morgan fingerprint density at radius 2 is 1.90 bits per heavy atom. The zero-order valence-corrected chi connectivity index (χ0v) is 13.5. The summed E-state index contributed by atoms with van der Waals surface area (Å²) in [6, 6.07) is 17.1. The molecule has 1 N–H and O–H groups in total. The van der Waals surface area contributed by atoms with Gasteiger partial charge in [0, 0.05) is 22.5 Å². The first-order valence-corrected chi connectivity index (χ1v) is 8.45. The Bertz CT molecular complexity index is 539. The molecule has 1 unspecified atom stereocenters. The van der Waals surface area contributed by atoms with Crippen LogP contribution < -0.4 is 5.32 Å². The Morgan fingerprint density at radius 1 is 1.15 bits per heavy atom. The average Bonchev–Trinajstić information content (AvgIpc) is 2.48. The van der Waals surface area contributed by atoms with E-state index >= 15 is 0 Å². The van der Waals surface area contributed by atoms with Crippen molar-refractivity contribution in [2.75, 3.05) is 6.26 Å². The zero-order valence-electron chi connectivity index (χ0n) is 11.9. The van der Waals surface area contributed by atoms with E-state index in [4.69, 9.17) is 11.6 Å². The van der Waals surface area contributed by atoms with Gasteiger partial charge in [0.25, 0.3) is 0 Å². The van der Waals surface area contributed by atoms with Crippen molar-refractivity contribution in [3.8, 4) is 0 Å². The van der Waals surface area contributed by atoms with Crippen molar-refractivity contribution in [3.05, 3.63) is 64.7 Å². The van der Waals surface area contributed by atoms with Gasteiger partial charge in [-0.3, -0.25) is 0 Å². The Morgan fingerprint density at radius 3 is 2.50 bits per heavy atom. The van der Waals surface area contributed by atoms with Crippen molar-refractivity contribution in [1.82, 2.24) is 5.32 Å². The van der Waals surface area contributed by atoms with Crippen LogP contribution in [0.25, 0.3) is 0 Å². The largest absolute Gasteiger partial charge is 0.306 e. The fourth-order valence-corrected chi connectivity index (χ4v) is 2.81. The molecule has 0 heterocycles. The van der Waals surface area contributed by atoms with Crippen molar-refractivity contribution in [2.45, 2.75) is 30.8 Å². The molecule has 3 heteroatoms. The number of hydrogen-bond acceptors (Lipinski definition) is 2. The predicted octanol–water partition coefficient (Wildman–Crippen LogP) is 5.30. The smallest absolute Gasteiger partial charge is 0.0409 e. The van der Waals surface area contributed by atoms with Gasteiger partial charge in [-0.1, -0.05) is 42.8 Å². The molecule has 20 heavy (non-hydrogen) atoms. The molecule has 106 valence electrons. The lowest BCUT2D eigenvalue weighted by atomic mass is 10.0. The number of rotatable bonds is 6. The second-order valence-corrected chi connectivity index (χ2v) is 6.06. The summed E-state index contributed by atoms with van der Waals surface area (Å²) >= 11 is 7.84. The van der Waals surface area contributed by atoms with E-state index in [2.05, 4.69) is 48.8 Å². The van der Waals surface area contributed by atoms with Crippen molar-refractivity contribution < 1.29 is 0 Å². The molecule has 0 aliphatic rings. The third-order valence-electron chi connectivity index (χ3n) is 3.37. The summed E-state index contributed by atoms with van der Waals surface area (Å²) in [5.41, 5.74) is 2.56. The first kappa shape index (κ1) is 15.4. The van der Waals surface area contributed by atoms with E-state index in [1.54, 1.807) is 11.8 Å². The summed E-state index contributed by atoms with van der Waals surface area (Å²) < 4.78 is 0. The lowest BCUT2D eigenvalue weighted by molar-refractivity contribution is 0.519. The van der Waals surface area contributed by atoms with Gasteiger partial charge in [-0.05, 0) is 48.1 Å². The molecule has 0 fully saturated rings. The quantitative estimate of drug-likeness (QED) is 0.727. The summed E-state index contributed by atoms with van der Waals surface area (Å²) in [5, 5.41) is 4.40. The topological polar surface area (TPSA) is 12.0 Å². The monoisotopic (exact) mass is 305 g/mol. The van der Waals surface area contributed by atoms with Crippen LogP contribution in [0.1, 0.15) is 30.5 Å². The number of thioether (sulfide) groups is 1. The highest BCUT2D eigenvalue weighted by Crippen LogP contribution is 2.21. The number of benzene rings is 2. The fourth-order valence-electron chi connectivity index (χ4n) is 2.21. The van der Waals surface area contributed by atoms with E-state index in [0.29, 0.717) is 6.04 Å². The highest BCUT2D eigenvalue weighted by molar-refractivity contribution is 7.98. The number of nitrogens with one attached hydrogen (secondary N) is 1. The first-order chi connectivity index (χ1) is 9.72. The van der Waals surface area contributed by atoms with E-state index in [1.165, 1.54) is 16.0 Å². The van der Waals surface area contributed by atoms with E-state index in [9.17, 15) is 0 Å². The molecule has 2 aromatic carbocycles. The average molecular weight is 306 g/mol. The minimum absolute atomic E-state index is 0.342. The van der Waals surface area contributed by atoms with E-state index in [-0.39, 0.29) is 0 Å². The van der Waals surface area contributed by atoms with Gasteiger partial charge in [-0.25, -0.2) is 0 Å². The van der Waals surface area contributed by atoms with Gasteiger partial charge in [0.15, 0.2) is 0 Å². The molecule has 0 spiro atoms. The molecule has 1 atom stereocenters. The molecule has 0 aromatic heterocycles. The molecule has 0 aliphatic heterocycles. The highest BCUT2D eigenvalue weighted by atomic mass is 35.5. The molecular formula is C17H20ClNS. The van der Waals surface area contributed by atoms with Crippen LogP contribution in [-0.4, -0.2) is 6.26 Å². The fraction of sp³-hybridized carbons (Fsp3) is 0.294. The molecular weight excluding hydrogens is 286 g/mol. The molecule has 0 saturated heterocycles. The van der Waals surface area contributed by atoms with Crippen molar-refractivity contribution in [2.24, 2.45) is 0 Å². The lowest BCUT2D eigenvalue weighted by Crippen LogP contribution is -2.20. The van der Waals surface area contributed by atoms with Gasteiger partial charge < -0.3 is 5.32 Å². The maximum absolute atomic E-state index is 6.07. The summed E-state index contributed by atoms with van der Waals surface area (Å²) in [5.74, 6) is 0. The normalized spacial score (nSPS) is 12.3. The standard InChI is InChI=1S/C17H20ClNS/c1-3-17(14-5-4-6-15(18)11-14)19-12-13-7-9-16(20-2)10-8-13/h4-11,17,19H,3,12H2,1-2H3. The van der Waals surface area contributed by atoms with Gasteiger partial charge in [0.1, 0.15) is 0 Å². The highest BCUT2D eigenvalue weighted by Gasteiger charge is 2.08. The summed E-state index contributed by atoms with van der Waals surface area (Å²) in [4.78, 5) is 1.30. The summed E-state index contributed by atoms with van der Waals surface area (Å²) in [6.07, 6.45) is 3.14. The predicted molar refractivity (Wildman–Crippen MR) is 89.5 cm³/mol. The van der Waals surface area contributed by atoms with Gasteiger partial charge >= 0.3 is 0 Å². The van der Waals surface area contributed by atoms with Crippen LogP contribution in [0, 0.1) is 0 Å². The van der Waals surface area contributed by atoms with Gasteiger partial charge in [0.2, 0.25) is 0 Å². The van der Waals surface area contributed by atoms with Gasteiger partial charge in [0.05, 0.1) is 0 Å². The maximum Gasteiger partial charge on any atom is 0.0409 e. The first-order valence-electron chi connectivity index (χ1n) is 6.84. The molecule has 0 saturated carbocycles. The minimum Gasteiger partial charge on any atom is -0.306 e. The van der Waals surface area contributed by atoms with Crippen molar-refractivity contribution in [1.29, 1.82) is 0 Å². The molecule has 0 radical (unpaired) electrons. The molecule has 0 amide bonds. The molecule has 1 nitrogen and oxygen atoms in total. The third kappa shape index (κ3) is 4.27. The summed E-state index contributed by atoms with van der Waals surface area (Å²) in [6.45, 7) is 3.06. The van der Waals surface area contributed by atoms with Crippen LogP contribution in [0.5, 0.6) is 0 Å². The maximum atomic E-state index is 6.07. The number of hydrogen-bond donors (Lipinski definition) is 1. The molecule has 2 rings (SSSR count). The number of halogens is 1. The van der Waals surface area contributed by atoms with Gasteiger partial charge in [-0.2, -0.15) is 0 Å². The minimum atomic E-state index is 0.342. The molecule has 0 bridgehead atoms.